The van der Waals surface area contributed by atoms with E-state index in [1.807, 2.05) is 6.20 Å². The largest absolute Gasteiger partial charge is 0.311 e. The fourth-order valence-electron chi connectivity index (χ4n) is 5.96. The average molecular weight is 352 g/mol. The Balaban J connectivity index is 1.68. The van der Waals surface area contributed by atoms with E-state index in [4.69, 9.17) is 0 Å². The van der Waals surface area contributed by atoms with Crippen molar-refractivity contribution in [1.29, 1.82) is 0 Å². The molecule has 1 N–H and O–H groups in total. The second kappa shape index (κ2) is 5.38. The van der Waals surface area contributed by atoms with Gasteiger partial charge in [-0.3, -0.25) is 4.68 Å². The maximum Gasteiger partial charge on any atom is 0.0698 e. The molecule has 1 heterocycles. The molecule has 4 bridgehead atoms. The lowest BCUT2D eigenvalue weighted by molar-refractivity contribution is -0.0527. The first kappa shape index (κ1) is 14.3. The van der Waals surface area contributed by atoms with E-state index >= 15 is 0 Å². The standard InChI is InChI=1S/C17H26BrN3/c1-3-21-17(14(18)9-20-21)16(19-2)15-12-5-10-4-11(7-12)8-13(15)6-10/h9-13,15-16,19H,3-8H2,1-2H3. The molecule has 1 unspecified atom stereocenters. The highest BCUT2D eigenvalue weighted by molar-refractivity contribution is 9.10. The van der Waals surface area contributed by atoms with E-state index in [-0.39, 0.29) is 0 Å². The second-order valence-corrected chi connectivity index (χ2v) is 8.32. The van der Waals surface area contributed by atoms with Crippen LogP contribution in [0, 0.1) is 29.6 Å². The minimum Gasteiger partial charge on any atom is -0.311 e. The van der Waals surface area contributed by atoms with Crippen molar-refractivity contribution in [3.05, 3.63) is 16.4 Å². The number of halogens is 1. The summed E-state index contributed by atoms with van der Waals surface area (Å²) in [6, 6.07) is 0.455. The summed E-state index contributed by atoms with van der Waals surface area (Å²) in [6.45, 7) is 3.14. The van der Waals surface area contributed by atoms with Gasteiger partial charge in [-0.05, 0) is 91.6 Å². The molecule has 21 heavy (non-hydrogen) atoms. The Hall–Kier alpha value is -0.350. The van der Waals surface area contributed by atoms with Crippen LogP contribution in [0.5, 0.6) is 0 Å². The van der Waals surface area contributed by atoms with E-state index in [9.17, 15) is 0 Å². The van der Waals surface area contributed by atoms with Crippen LogP contribution in [0.15, 0.2) is 10.7 Å². The van der Waals surface area contributed by atoms with E-state index < -0.39 is 0 Å². The fourth-order valence-corrected chi connectivity index (χ4v) is 6.50. The third kappa shape index (κ3) is 2.21. The molecule has 0 aromatic carbocycles. The predicted octanol–water partition coefficient (Wildman–Crippen LogP) is 4.00. The van der Waals surface area contributed by atoms with Crippen LogP contribution < -0.4 is 5.32 Å². The van der Waals surface area contributed by atoms with Crippen molar-refractivity contribution in [3.8, 4) is 0 Å². The molecule has 5 rings (SSSR count). The summed E-state index contributed by atoms with van der Waals surface area (Å²) >= 11 is 3.74. The highest BCUT2D eigenvalue weighted by Crippen LogP contribution is 2.59. The molecule has 0 spiro atoms. The van der Waals surface area contributed by atoms with Crippen molar-refractivity contribution in [2.45, 2.75) is 51.6 Å². The predicted molar refractivity (Wildman–Crippen MR) is 87.9 cm³/mol. The monoisotopic (exact) mass is 351 g/mol. The van der Waals surface area contributed by atoms with Crippen LogP contribution in [0.3, 0.4) is 0 Å². The highest BCUT2D eigenvalue weighted by Gasteiger charge is 2.51. The molecular weight excluding hydrogens is 326 g/mol. The number of hydrogen-bond donors (Lipinski definition) is 1. The fraction of sp³-hybridized carbons (Fsp3) is 0.824. The Morgan fingerprint density at radius 1 is 1.24 bits per heavy atom. The molecule has 4 saturated carbocycles. The molecule has 3 nitrogen and oxygen atoms in total. The molecule has 1 aromatic heterocycles. The van der Waals surface area contributed by atoms with Gasteiger partial charge in [-0.15, -0.1) is 0 Å². The SMILES string of the molecule is CCn1ncc(Br)c1C(NC)C1C2CC3CC(C2)CC1C3. The van der Waals surface area contributed by atoms with Crippen LogP contribution >= 0.6 is 15.9 Å². The van der Waals surface area contributed by atoms with Gasteiger partial charge >= 0.3 is 0 Å². The highest BCUT2D eigenvalue weighted by atomic mass is 79.9. The zero-order chi connectivity index (χ0) is 14.6. The quantitative estimate of drug-likeness (QED) is 0.888. The molecule has 4 aliphatic carbocycles. The average Bonchev–Trinajstić information content (AvgIpc) is 2.83. The van der Waals surface area contributed by atoms with Crippen LogP contribution in [-0.2, 0) is 6.54 Å². The van der Waals surface area contributed by atoms with Crippen LogP contribution in [0.4, 0.5) is 0 Å². The van der Waals surface area contributed by atoms with Crippen molar-refractivity contribution >= 4 is 15.9 Å². The van der Waals surface area contributed by atoms with Gasteiger partial charge in [0.05, 0.1) is 22.4 Å². The van der Waals surface area contributed by atoms with Gasteiger partial charge < -0.3 is 5.32 Å². The summed E-state index contributed by atoms with van der Waals surface area (Å²) in [5, 5.41) is 8.20. The van der Waals surface area contributed by atoms with Gasteiger partial charge in [-0.1, -0.05) is 0 Å². The second-order valence-electron chi connectivity index (χ2n) is 7.47. The molecule has 0 aliphatic heterocycles. The summed E-state index contributed by atoms with van der Waals surface area (Å²) in [5.41, 5.74) is 1.37. The molecular formula is C17H26BrN3. The maximum absolute atomic E-state index is 4.55. The van der Waals surface area contributed by atoms with Gasteiger partial charge in [0.15, 0.2) is 0 Å². The Bertz CT molecular complexity index is 496. The van der Waals surface area contributed by atoms with Crippen molar-refractivity contribution < 1.29 is 0 Å². The summed E-state index contributed by atoms with van der Waals surface area (Å²) in [4.78, 5) is 0. The van der Waals surface area contributed by atoms with E-state index in [2.05, 4.69) is 45.0 Å². The Kier molecular flexibility index (Phi) is 3.65. The summed E-state index contributed by atoms with van der Waals surface area (Å²) in [7, 11) is 2.13. The number of aryl methyl sites for hydroxylation is 1. The minimum absolute atomic E-state index is 0.455. The zero-order valence-electron chi connectivity index (χ0n) is 13.1. The molecule has 1 atom stereocenters. The number of nitrogens with zero attached hydrogens (tertiary/aromatic N) is 2. The van der Waals surface area contributed by atoms with Crippen molar-refractivity contribution in [1.82, 2.24) is 15.1 Å². The van der Waals surface area contributed by atoms with Crippen LogP contribution in [0.1, 0.15) is 50.8 Å². The van der Waals surface area contributed by atoms with Gasteiger partial charge in [0.2, 0.25) is 0 Å². The first-order valence-electron chi connectivity index (χ1n) is 8.59. The summed E-state index contributed by atoms with van der Waals surface area (Å²) in [6.07, 6.45) is 9.42. The van der Waals surface area contributed by atoms with E-state index in [0.717, 1.165) is 36.1 Å². The van der Waals surface area contributed by atoms with Crippen molar-refractivity contribution in [2.75, 3.05) is 7.05 Å². The molecule has 0 saturated heterocycles. The normalized spacial score (nSPS) is 38.9. The molecule has 4 fully saturated rings. The molecule has 116 valence electrons. The first-order valence-corrected chi connectivity index (χ1v) is 9.39. The number of rotatable bonds is 4. The smallest absolute Gasteiger partial charge is 0.0698 e. The number of hydrogen-bond acceptors (Lipinski definition) is 2. The van der Waals surface area contributed by atoms with Gasteiger partial charge in [0.1, 0.15) is 0 Å². The Morgan fingerprint density at radius 3 is 2.38 bits per heavy atom. The lowest BCUT2D eigenvalue weighted by atomic mass is 9.50. The van der Waals surface area contributed by atoms with Gasteiger partial charge in [0, 0.05) is 6.54 Å². The van der Waals surface area contributed by atoms with Crippen LogP contribution in [0.2, 0.25) is 0 Å². The molecule has 0 radical (unpaired) electrons. The molecule has 4 aliphatic rings. The third-order valence-corrected chi connectivity index (χ3v) is 7.03. The first-order chi connectivity index (χ1) is 10.2. The van der Waals surface area contributed by atoms with E-state index in [1.165, 1.54) is 42.3 Å². The molecule has 0 amide bonds. The van der Waals surface area contributed by atoms with Gasteiger partial charge in [0.25, 0.3) is 0 Å². The zero-order valence-corrected chi connectivity index (χ0v) is 14.6. The van der Waals surface area contributed by atoms with Crippen molar-refractivity contribution in [3.63, 3.8) is 0 Å². The van der Waals surface area contributed by atoms with Crippen molar-refractivity contribution in [2.24, 2.45) is 29.6 Å². The maximum atomic E-state index is 4.55. The minimum atomic E-state index is 0.455. The topological polar surface area (TPSA) is 29.9 Å². The number of nitrogens with one attached hydrogen (secondary N) is 1. The Morgan fingerprint density at radius 2 is 1.86 bits per heavy atom. The lowest BCUT2D eigenvalue weighted by Gasteiger charge is -2.56. The summed E-state index contributed by atoms with van der Waals surface area (Å²) in [5.74, 6) is 4.76. The third-order valence-electron chi connectivity index (χ3n) is 6.42. The summed E-state index contributed by atoms with van der Waals surface area (Å²) < 4.78 is 3.36. The van der Waals surface area contributed by atoms with E-state index in [1.54, 1.807) is 0 Å². The number of aromatic nitrogens is 2. The molecule has 4 heteroatoms. The van der Waals surface area contributed by atoms with Crippen LogP contribution in [-0.4, -0.2) is 16.8 Å². The molecule has 1 aromatic rings. The van der Waals surface area contributed by atoms with Gasteiger partial charge in [-0.25, -0.2) is 0 Å². The van der Waals surface area contributed by atoms with E-state index in [0.29, 0.717) is 6.04 Å². The van der Waals surface area contributed by atoms with Crippen LogP contribution in [0.25, 0.3) is 0 Å². The lowest BCUT2D eigenvalue weighted by Crippen LogP contribution is -2.49. The Labute approximate surface area is 136 Å². The van der Waals surface area contributed by atoms with Gasteiger partial charge in [-0.2, -0.15) is 5.10 Å².